The van der Waals surface area contributed by atoms with Gasteiger partial charge in [-0.1, -0.05) is 33.6 Å². The molecule has 1 aliphatic rings. The standard InChI is InChI=1S/C15H11BrCl2O2/c16-10-2-3-12(17)11(8-10)15(18)9-1-4-13-14(7-9)20-6-5-19-13/h1-4,7-8,15H,5-6H2. The van der Waals surface area contributed by atoms with Gasteiger partial charge in [-0.15, -0.1) is 11.6 Å². The minimum absolute atomic E-state index is 0.337. The summed E-state index contributed by atoms with van der Waals surface area (Å²) in [5, 5.41) is 0.305. The van der Waals surface area contributed by atoms with E-state index in [2.05, 4.69) is 15.9 Å². The highest BCUT2D eigenvalue weighted by atomic mass is 79.9. The number of alkyl halides is 1. The molecule has 0 saturated heterocycles. The first-order chi connectivity index (χ1) is 9.65. The van der Waals surface area contributed by atoms with Crippen molar-refractivity contribution in [3.8, 4) is 11.5 Å². The van der Waals surface area contributed by atoms with Gasteiger partial charge in [0.2, 0.25) is 0 Å². The summed E-state index contributed by atoms with van der Waals surface area (Å²) in [7, 11) is 0. The van der Waals surface area contributed by atoms with E-state index in [1.54, 1.807) is 0 Å². The molecule has 0 N–H and O–H groups in total. The van der Waals surface area contributed by atoms with Crippen molar-refractivity contribution in [1.82, 2.24) is 0 Å². The molecule has 1 aliphatic heterocycles. The van der Waals surface area contributed by atoms with Crippen LogP contribution in [0.2, 0.25) is 5.02 Å². The van der Waals surface area contributed by atoms with Crippen molar-refractivity contribution in [2.75, 3.05) is 13.2 Å². The summed E-state index contributed by atoms with van der Waals surface area (Å²) in [4.78, 5) is 0. The average Bonchev–Trinajstić information content (AvgIpc) is 2.48. The summed E-state index contributed by atoms with van der Waals surface area (Å²) in [5.41, 5.74) is 1.79. The molecule has 0 saturated carbocycles. The molecule has 0 amide bonds. The summed E-state index contributed by atoms with van der Waals surface area (Å²) in [6, 6.07) is 11.4. The maximum absolute atomic E-state index is 6.55. The Morgan fingerprint density at radius 3 is 2.55 bits per heavy atom. The summed E-state index contributed by atoms with van der Waals surface area (Å²) in [5.74, 6) is 1.48. The van der Waals surface area contributed by atoms with Gasteiger partial charge in [-0.2, -0.15) is 0 Å². The van der Waals surface area contributed by atoms with Crippen LogP contribution in [0.3, 0.4) is 0 Å². The van der Waals surface area contributed by atoms with Gasteiger partial charge < -0.3 is 9.47 Å². The molecule has 5 heteroatoms. The fourth-order valence-corrected chi connectivity index (χ4v) is 3.08. The molecule has 0 aliphatic carbocycles. The lowest BCUT2D eigenvalue weighted by molar-refractivity contribution is 0.171. The Morgan fingerprint density at radius 1 is 1.00 bits per heavy atom. The first-order valence-electron chi connectivity index (χ1n) is 6.14. The molecule has 2 aromatic rings. The number of fused-ring (bicyclic) bond motifs is 1. The van der Waals surface area contributed by atoms with E-state index in [1.807, 2.05) is 36.4 Å². The minimum Gasteiger partial charge on any atom is -0.486 e. The fraction of sp³-hybridized carbons (Fsp3) is 0.200. The Morgan fingerprint density at radius 2 is 1.75 bits per heavy atom. The highest BCUT2D eigenvalue weighted by molar-refractivity contribution is 9.10. The van der Waals surface area contributed by atoms with Gasteiger partial charge in [0.25, 0.3) is 0 Å². The Bertz CT molecular complexity index is 646. The molecule has 2 aromatic carbocycles. The van der Waals surface area contributed by atoms with Crippen LogP contribution in [0.5, 0.6) is 11.5 Å². The van der Waals surface area contributed by atoms with E-state index in [9.17, 15) is 0 Å². The van der Waals surface area contributed by atoms with E-state index in [-0.39, 0.29) is 5.38 Å². The molecule has 0 aromatic heterocycles. The Balaban J connectivity index is 1.97. The van der Waals surface area contributed by atoms with Crippen molar-refractivity contribution < 1.29 is 9.47 Å². The molecule has 104 valence electrons. The van der Waals surface area contributed by atoms with Crippen LogP contribution in [-0.4, -0.2) is 13.2 Å². The van der Waals surface area contributed by atoms with Gasteiger partial charge in [0, 0.05) is 9.50 Å². The van der Waals surface area contributed by atoms with Crippen LogP contribution >= 0.6 is 39.1 Å². The van der Waals surface area contributed by atoms with Crippen LogP contribution in [0.1, 0.15) is 16.5 Å². The number of rotatable bonds is 2. The second kappa shape index (κ2) is 5.84. The Kier molecular flexibility index (Phi) is 4.11. The van der Waals surface area contributed by atoms with Gasteiger partial charge in [-0.25, -0.2) is 0 Å². The van der Waals surface area contributed by atoms with Gasteiger partial charge >= 0.3 is 0 Å². The molecule has 0 bridgehead atoms. The van der Waals surface area contributed by atoms with Crippen molar-refractivity contribution in [3.05, 3.63) is 57.0 Å². The number of ether oxygens (including phenoxy) is 2. The molecule has 0 fully saturated rings. The topological polar surface area (TPSA) is 18.5 Å². The summed E-state index contributed by atoms with van der Waals surface area (Å²) >= 11 is 16.2. The second-order valence-corrected chi connectivity index (χ2v) is 6.19. The quantitative estimate of drug-likeness (QED) is 0.673. The Hall–Kier alpha value is -0.900. The number of hydrogen-bond acceptors (Lipinski definition) is 2. The highest BCUT2D eigenvalue weighted by Gasteiger charge is 2.18. The van der Waals surface area contributed by atoms with E-state index in [0.717, 1.165) is 27.1 Å². The monoisotopic (exact) mass is 372 g/mol. The van der Waals surface area contributed by atoms with Crippen molar-refractivity contribution >= 4 is 39.1 Å². The maximum Gasteiger partial charge on any atom is 0.161 e. The van der Waals surface area contributed by atoms with Gasteiger partial charge in [0.05, 0.1) is 5.38 Å². The number of halogens is 3. The summed E-state index contributed by atoms with van der Waals surface area (Å²) in [6.07, 6.45) is 0. The number of benzene rings is 2. The first kappa shape index (κ1) is 14.1. The average molecular weight is 374 g/mol. The largest absolute Gasteiger partial charge is 0.486 e. The third kappa shape index (κ3) is 2.76. The van der Waals surface area contributed by atoms with Crippen molar-refractivity contribution in [2.24, 2.45) is 0 Å². The van der Waals surface area contributed by atoms with Crippen LogP contribution in [0.15, 0.2) is 40.9 Å². The van der Waals surface area contributed by atoms with Crippen LogP contribution in [-0.2, 0) is 0 Å². The summed E-state index contributed by atoms with van der Waals surface area (Å²) in [6.45, 7) is 1.13. The van der Waals surface area contributed by atoms with E-state index < -0.39 is 0 Å². The van der Waals surface area contributed by atoms with Crippen LogP contribution in [0, 0.1) is 0 Å². The van der Waals surface area contributed by atoms with Crippen molar-refractivity contribution in [2.45, 2.75) is 5.38 Å². The lowest BCUT2D eigenvalue weighted by Gasteiger charge is -2.20. The van der Waals surface area contributed by atoms with Gasteiger partial charge in [-0.3, -0.25) is 0 Å². The molecule has 1 heterocycles. The van der Waals surface area contributed by atoms with Crippen molar-refractivity contribution in [1.29, 1.82) is 0 Å². The fourth-order valence-electron chi connectivity index (χ4n) is 2.11. The molecule has 2 nitrogen and oxygen atoms in total. The molecule has 3 rings (SSSR count). The van der Waals surface area contributed by atoms with Crippen LogP contribution < -0.4 is 9.47 Å². The molecule has 1 atom stereocenters. The second-order valence-electron chi connectivity index (χ2n) is 4.43. The first-order valence-corrected chi connectivity index (χ1v) is 7.74. The van der Waals surface area contributed by atoms with Gasteiger partial charge in [-0.05, 0) is 41.5 Å². The zero-order valence-electron chi connectivity index (χ0n) is 10.4. The lowest BCUT2D eigenvalue weighted by atomic mass is 10.0. The molecular weight excluding hydrogens is 363 g/mol. The maximum atomic E-state index is 6.55. The molecule has 0 radical (unpaired) electrons. The zero-order valence-corrected chi connectivity index (χ0v) is 13.5. The normalized spacial score (nSPS) is 14.9. The van der Waals surface area contributed by atoms with Crippen LogP contribution in [0.4, 0.5) is 0 Å². The van der Waals surface area contributed by atoms with Gasteiger partial charge in [0.1, 0.15) is 13.2 Å². The van der Waals surface area contributed by atoms with Crippen LogP contribution in [0.25, 0.3) is 0 Å². The van der Waals surface area contributed by atoms with E-state index in [0.29, 0.717) is 18.2 Å². The predicted octanol–water partition coefficient (Wildman–Crippen LogP) is 5.20. The SMILES string of the molecule is Clc1ccc(Br)cc1C(Cl)c1ccc2c(c1)OCCO2. The van der Waals surface area contributed by atoms with E-state index in [4.69, 9.17) is 32.7 Å². The van der Waals surface area contributed by atoms with E-state index >= 15 is 0 Å². The molecular formula is C15H11BrCl2O2. The molecule has 1 unspecified atom stereocenters. The van der Waals surface area contributed by atoms with Crippen molar-refractivity contribution in [3.63, 3.8) is 0 Å². The lowest BCUT2D eigenvalue weighted by Crippen LogP contribution is -2.15. The van der Waals surface area contributed by atoms with E-state index in [1.165, 1.54) is 0 Å². The Labute approximate surface area is 135 Å². The third-order valence-electron chi connectivity index (χ3n) is 3.09. The van der Waals surface area contributed by atoms with Gasteiger partial charge in [0.15, 0.2) is 11.5 Å². The smallest absolute Gasteiger partial charge is 0.161 e. The molecule has 20 heavy (non-hydrogen) atoms. The third-order valence-corrected chi connectivity index (χ3v) is 4.41. The predicted molar refractivity (Wildman–Crippen MR) is 84.3 cm³/mol. The number of hydrogen-bond donors (Lipinski definition) is 0. The minimum atomic E-state index is -0.337. The summed E-state index contributed by atoms with van der Waals surface area (Å²) < 4.78 is 12.0. The zero-order chi connectivity index (χ0) is 14.1. The highest BCUT2D eigenvalue weighted by Crippen LogP contribution is 2.39. The molecule has 0 spiro atoms.